The zero-order valence-electron chi connectivity index (χ0n) is 40.9. The van der Waals surface area contributed by atoms with Crippen LogP contribution < -0.4 is 5.11 Å². The molecule has 0 saturated heterocycles. The maximum Gasteiger partial charge on any atom is 0.306 e. The van der Waals surface area contributed by atoms with Gasteiger partial charge in [-0.1, -0.05) is 164 Å². The van der Waals surface area contributed by atoms with E-state index < -0.39 is 24.3 Å². The molecule has 0 fully saturated rings. The number of rotatable bonds is 45. The van der Waals surface area contributed by atoms with Crippen molar-refractivity contribution in [1.29, 1.82) is 0 Å². The molecule has 9 nitrogen and oxygen atoms in total. The second-order valence-electron chi connectivity index (χ2n) is 17.7. The van der Waals surface area contributed by atoms with Gasteiger partial charge in [-0.2, -0.15) is 0 Å². The van der Waals surface area contributed by atoms with Gasteiger partial charge >= 0.3 is 11.9 Å². The Morgan fingerprint density at radius 1 is 0.476 bits per heavy atom. The third-order valence-corrected chi connectivity index (χ3v) is 10.4. The summed E-state index contributed by atoms with van der Waals surface area (Å²) >= 11 is 0. The summed E-state index contributed by atoms with van der Waals surface area (Å²) in [6, 6.07) is 0. The predicted octanol–water partition coefficient (Wildman–Crippen LogP) is 12.6. The van der Waals surface area contributed by atoms with E-state index in [0.29, 0.717) is 17.4 Å². The van der Waals surface area contributed by atoms with Crippen LogP contribution in [0.5, 0.6) is 0 Å². The molecule has 0 amide bonds. The van der Waals surface area contributed by atoms with Crippen molar-refractivity contribution in [2.45, 2.75) is 206 Å². The Morgan fingerprint density at radius 3 is 1.27 bits per heavy atom. The number of carboxylic acids is 1. The number of carbonyl (C=O) groups excluding carboxylic acids is 3. The minimum Gasteiger partial charge on any atom is -0.545 e. The van der Waals surface area contributed by atoms with E-state index in [2.05, 4.69) is 86.8 Å². The highest BCUT2D eigenvalue weighted by atomic mass is 16.7. The number of ether oxygens (including phenoxy) is 4. The molecule has 0 rings (SSSR count). The van der Waals surface area contributed by atoms with Gasteiger partial charge in [0.1, 0.15) is 13.2 Å². The Kier molecular flexibility index (Phi) is 43.0. The number of quaternary nitrogens is 1. The monoisotopic (exact) mass is 884 g/mol. The molecule has 0 radical (unpaired) electrons. The van der Waals surface area contributed by atoms with Crippen molar-refractivity contribution in [2.75, 3.05) is 47.5 Å². The molecule has 362 valence electrons. The number of carbonyl (C=O) groups is 3. The first kappa shape index (κ1) is 59.7. The third-order valence-electron chi connectivity index (χ3n) is 10.4. The summed E-state index contributed by atoms with van der Waals surface area (Å²) in [5.74, 6) is -2.32. The van der Waals surface area contributed by atoms with Crippen molar-refractivity contribution in [2.24, 2.45) is 0 Å². The number of allylic oxidation sites excluding steroid dienone is 12. The molecule has 2 unspecified atom stereocenters. The highest BCUT2D eigenvalue weighted by Gasteiger charge is 2.21. The summed E-state index contributed by atoms with van der Waals surface area (Å²) in [6.45, 7) is 4.65. The van der Waals surface area contributed by atoms with Crippen LogP contribution in [0, 0.1) is 0 Å². The van der Waals surface area contributed by atoms with E-state index in [0.717, 1.165) is 96.3 Å². The first-order valence-electron chi connectivity index (χ1n) is 25.1. The Morgan fingerprint density at radius 2 is 0.857 bits per heavy atom. The van der Waals surface area contributed by atoms with E-state index in [1.165, 1.54) is 64.2 Å². The van der Waals surface area contributed by atoms with Gasteiger partial charge in [-0.05, 0) is 89.9 Å². The summed E-state index contributed by atoms with van der Waals surface area (Å²) in [7, 11) is 5.90. The van der Waals surface area contributed by atoms with Crippen LogP contribution in [0.25, 0.3) is 0 Å². The Bertz CT molecular complexity index is 1260. The van der Waals surface area contributed by atoms with E-state index in [1.54, 1.807) is 0 Å². The molecule has 0 aromatic heterocycles. The summed E-state index contributed by atoms with van der Waals surface area (Å²) in [6.07, 6.45) is 53.5. The van der Waals surface area contributed by atoms with Crippen molar-refractivity contribution in [3.63, 3.8) is 0 Å². The van der Waals surface area contributed by atoms with E-state index in [1.807, 2.05) is 21.1 Å². The Hall–Kier alpha value is -3.27. The molecule has 0 saturated carbocycles. The summed E-state index contributed by atoms with van der Waals surface area (Å²) in [5, 5.41) is 11.7. The van der Waals surface area contributed by atoms with Gasteiger partial charge in [-0.25, -0.2) is 0 Å². The van der Waals surface area contributed by atoms with Gasteiger partial charge < -0.3 is 33.3 Å². The second kappa shape index (κ2) is 45.3. The molecule has 0 aliphatic rings. The van der Waals surface area contributed by atoms with Crippen LogP contribution in [0.15, 0.2) is 72.9 Å². The van der Waals surface area contributed by atoms with E-state index in [9.17, 15) is 19.5 Å². The van der Waals surface area contributed by atoms with Crippen molar-refractivity contribution in [1.82, 2.24) is 0 Å². The molecular weight excluding hydrogens is 791 g/mol. The average molecular weight is 884 g/mol. The standard InChI is InChI=1S/C54H93NO8/c1-6-8-10-12-14-16-18-20-22-24-26-28-30-32-34-36-38-40-42-44-51(56)61-48-50(49-62-54(53(58)59)60-47-46-55(3,4)5)63-52(57)45-43-41-39-37-35-33-31-29-27-25-23-21-19-17-15-13-11-9-7-2/h14-17,20-23,26-29,50,54H,6-13,18-19,24-25,30-49H2,1-5H3/b16-14-,17-15-,22-20-,23-21-,28-26-,29-27-. The van der Waals surface area contributed by atoms with E-state index in [4.69, 9.17) is 18.9 Å². The molecule has 0 heterocycles. The lowest BCUT2D eigenvalue weighted by Gasteiger charge is -2.26. The number of esters is 2. The highest BCUT2D eigenvalue weighted by molar-refractivity contribution is 5.70. The summed E-state index contributed by atoms with van der Waals surface area (Å²) in [5.41, 5.74) is 0. The van der Waals surface area contributed by atoms with Gasteiger partial charge in [-0.15, -0.1) is 0 Å². The van der Waals surface area contributed by atoms with Crippen molar-refractivity contribution in [3.8, 4) is 0 Å². The summed E-state index contributed by atoms with van der Waals surface area (Å²) < 4.78 is 22.6. The lowest BCUT2D eigenvalue weighted by molar-refractivity contribution is -0.870. The smallest absolute Gasteiger partial charge is 0.306 e. The number of carboxylic acid groups (broad SMARTS) is 1. The number of nitrogens with zero attached hydrogens (tertiary/aromatic N) is 1. The molecule has 0 aliphatic heterocycles. The van der Waals surface area contributed by atoms with Crippen LogP contribution in [0.3, 0.4) is 0 Å². The van der Waals surface area contributed by atoms with Crippen molar-refractivity contribution >= 4 is 17.9 Å². The molecular formula is C54H93NO8. The highest BCUT2D eigenvalue weighted by Crippen LogP contribution is 2.13. The summed E-state index contributed by atoms with van der Waals surface area (Å²) in [4.78, 5) is 37.1. The van der Waals surface area contributed by atoms with Crippen LogP contribution in [0.1, 0.15) is 194 Å². The molecule has 9 heteroatoms. The minimum absolute atomic E-state index is 0.139. The molecule has 63 heavy (non-hydrogen) atoms. The lowest BCUT2D eigenvalue weighted by atomic mass is 10.1. The first-order chi connectivity index (χ1) is 30.6. The number of hydrogen-bond acceptors (Lipinski definition) is 8. The van der Waals surface area contributed by atoms with E-state index in [-0.39, 0.29) is 38.6 Å². The van der Waals surface area contributed by atoms with Crippen LogP contribution in [0.2, 0.25) is 0 Å². The SMILES string of the molecule is CCCCC/C=C\C/C=C\C/C=C\CCCCCCCCC(=O)OCC(COC(OCC[N+](C)(C)C)C(=O)[O-])OC(=O)CCCCCCCC/C=C\C/C=C\C/C=C\CCCCC. The zero-order valence-corrected chi connectivity index (χ0v) is 40.9. The largest absolute Gasteiger partial charge is 0.545 e. The molecule has 0 N–H and O–H groups in total. The predicted molar refractivity (Wildman–Crippen MR) is 260 cm³/mol. The average Bonchev–Trinajstić information content (AvgIpc) is 3.24. The number of hydrogen-bond donors (Lipinski definition) is 0. The molecule has 0 aromatic rings. The number of likely N-dealkylation sites (N-methyl/N-ethyl adjacent to an activating group) is 1. The Labute approximate surface area is 386 Å². The molecule has 0 spiro atoms. The molecule has 0 aliphatic carbocycles. The van der Waals surface area contributed by atoms with Crippen LogP contribution in [-0.4, -0.2) is 82.3 Å². The lowest BCUT2D eigenvalue weighted by Crippen LogP contribution is -2.44. The number of unbranched alkanes of at least 4 members (excludes halogenated alkanes) is 18. The zero-order chi connectivity index (χ0) is 46.3. The fourth-order valence-corrected chi connectivity index (χ4v) is 6.49. The van der Waals surface area contributed by atoms with Gasteiger partial charge in [0.05, 0.1) is 40.3 Å². The molecule has 2 atom stereocenters. The maximum atomic E-state index is 12.8. The van der Waals surface area contributed by atoms with Gasteiger partial charge in [0.2, 0.25) is 0 Å². The second-order valence-corrected chi connectivity index (χ2v) is 17.7. The minimum atomic E-state index is -1.63. The van der Waals surface area contributed by atoms with Gasteiger partial charge in [0.25, 0.3) is 0 Å². The van der Waals surface area contributed by atoms with Gasteiger partial charge in [0.15, 0.2) is 12.4 Å². The quantitative estimate of drug-likeness (QED) is 0.0195. The van der Waals surface area contributed by atoms with Crippen molar-refractivity contribution in [3.05, 3.63) is 72.9 Å². The van der Waals surface area contributed by atoms with Gasteiger partial charge in [-0.3, -0.25) is 9.59 Å². The fourth-order valence-electron chi connectivity index (χ4n) is 6.49. The van der Waals surface area contributed by atoms with Gasteiger partial charge in [0, 0.05) is 12.8 Å². The molecule has 0 aromatic carbocycles. The number of aliphatic carboxylic acids is 1. The van der Waals surface area contributed by atoms with Crippen LogP contribution >= 0.6 is 0 Å². The van der Waals surface area contributed by atoms with Crippen LogP contribution in [0.4, 0.5) is 0 Å². The molecule has 0 bridgehead atoms. The third kappa shape index (κ3) is 46.5. The van der Waals surface area contributed by atoms with E-state index >= 15 is 0 Å². The Balaban J connectivity index is 4.43. The normalized spacial score (nSPS) is 13.5. The fraction of sp³-hybridized carbons (Fsp3) is 0.722. The van der Waals surface area contributed by atoms with Crippen molar-refractivity contribution < 1.29 is 42.9 Å². The van der Waals surface area contributed by atoms with Crippen LogP contribution in [-0.2, 0) is 33.3 Å². The first-order valence-corrected chi connectivity index (χ1v) is 25.1. The maximum absolute atomic E-state index is 12.8. The topological polar surface area (TPSA) is 111 Å².